The zero-order valence-corrected chi connectivity index (χ0v) is 13.9. The molecule has 0 aliphatic rings. The highest BCUT2D eigenvalue weighted by atomic mass is 35.5. The molecule has 0 aliphatic carbocycles. The summed E-state index contributed by atoms with van der Waals surface area (Å²) in [5.41, 5.74) is -0.111. The monoisotopic (exact) mass is 309 g/mol. The third-order valence-electron chi connectivity index (χ3n) is 2.88. The molecule has 1 N–H and O–H groups in total. The molecule has 0 radical (unpaired) electrons. The van der Waals surface area contributed by atoms with E-state index in [4.69, 9.17) is 11.6 Å². The van der Waals surface area contributed by atoms with Crippen LogP contribution in [0.15, 0.2) is 18.2 Å². The summed E-state index contributed by atoms with van der Waals surface area (Å²) in [6.07, 6.45) is 1.08. The summed E-state index contributed by atoms with van der Waals surface area (Å²) in [7, 11) is 0. The Morgan fingerprint density at radius 1 is 1.20 bits per heavy atom. The summed E-state index contributed by atoms with van der Waals surface area (Å²) < 4.78 is 0. The van der Waals surface area contributed by atoms with Crippen LogP contribution in [0.5, 0.6) is 0 Å². The summed E-state index contributed by atoms with van der Waals surface area (Å²) in [6.45, 7) is 9.17. The van der Waals surface area contributed by atoms with Crippen LogP contribution in [-0.4, -0.2) is 9.97 Å². The van der Waals surface area contributed by atoms with Crippen LogP contribution in [0.3, 0.4) is 0 Å². The van der Waals surface area contributed by atoms with Gasteiger partial charge in [-0.25, -0.2) is 9.97 Å². The van der Waals surface area contributed by atoms with Crippen molar-refractivity contribution in [2.45, 2.75) is 46.1 Å². The molecule has 20 heavy (non-hydrogen) atoms. The van der Waals surface area contributed by atoms with Gasteiger partial charge >= 0.3 is 0 Å². The highest BCUT2D eigenvalue weighted by molar-refractivity contribution is 7.12. The van der Waals surface area contributed by atoms with Gasteiger partial charge in [0.1, 0.15) is 16.8 Å². The van der Waals surface area contributed by atoms with Gasteiger partial charge in [0.05, 0.1) is 6.54 Å². The van der Waals surface area contributed by atoms with Crippen LogP contribution < -0.4 is 5.32 Å². The number of rotatable bonds is 4. The number of halogens is 1. The molecule has 2 rings (SSSR count). The fourth-order valence-electron chi connectivity index (χ4n) is 1.73. The molecule has 2 aromatic heterocycles. The van der Waals surface area contributed by atoms with Crippen LogP contribution in [0.25, 0.3) is 0 Å². The molecular weight excluding hydrogens is 290 g/mol. The van der Waals surface area contributed by atoms with Gasteiger partial charge in [-0.1, -0.05) is 39.3 Å². The van der Waals surface area contributed by atoms with E-state index in [-0.39, 0.29) is 5.41 Å². The van der Waals surface area contributed by atoms with Crippen molar-refractivity contribution in [2.24, 2.45) is 0 Å². The van der Waals surface area contributed by atoms with Gasteiger partial charge in [0.15, 0.2) is 0 Å². The molecule has 0 spiro atoms. The molecular formula is C15H20ClN3S. The lowest BCUT2D eigenvalue weighted by Gasteiger charge is -2.17. The van der Waals surface area contributed by atoms with E-state index in [1.54, 1.807) is 6.07 Å². The molecule has 0 aromatic carbocycles. The Morgan fingerprint density at radius 2 is 1.90 bits per heavy atom. The molecule has 0 aliphatic heterocycles. The second kappa shape index (κ2) is 6.10. The molecule has 0 saturated heterocycles. The van der Waals surface area contributed by atoms with E-state index >= 15 is 0 Å². The summed E-state index contributed by atoms with van der Waals surface area (Å²) >= 11 is 7.90. The number of hydrogen-bond acceptors (Lipinski definition) is 4. The molecule has 0 saturated carbocycles. The molecule has 2 heterocycles. The highest BCUT2D eigenvalue weighted by Crippen LogP contribution is 2.23. The Kier molecular flexibility index (Phi) is 4.66. The number of anilines is 1. The number of nitrogens with one attached hydrogen (secondary N) is 1. The van der Waals surface area contributed by atoms with Crippen molar-refractivity contribution in [1.29, 1.82) is 0 Å². The number of hydrogen-bond donors (Lipinski definition) is 1. The van der Waals surface area contributed by atoms with E-state index in [1.165, 1.54) is 9.75 Å². The van der Waals surface area contributed by atoms with Gasteiger partial charge in [0.2, 0.25) is 0 Å². The van der Waals surface area contributed by atoms with Gasteiger partial charge < -0.3 is 5.32 Å². The van der Waals surface area contributed by atoms with Crippen molar-refractivity contribution in [3.8, 4) is 0 Å². The van der Waals surface area contributed by atoms with Crippen molar-refractivity contribution in [2.75, 3.05) is 5.32 Å². The Labute approximate surface area is 129 Å². The normalized spacial score (nSPS) is 11.7. The maximum Gasteiger partial charge on any atom is 0.137 e. The topological polar surface area (TPSA) is 37.8 Å². The van der Waals surface area contributed by atoms with E-state index in [0.29, 0.717) is 5.15 Å². The maximum absolute atomic E-state index is 6.08. The Morgan fingerprint density at radius 3 is 2.50 bits per heavy atom. The van der Waals surface area contributed by atoms with Crippen LogP contribution in [0.1, 0.15) is 43.3 Å². The summed E-state index contributed by atoms with van der Waals surface area (Å²) in [5.74, 6) is 1.54. The van der Waals surface area contributed by atoms with Crippen LogP contribution in [0, 0.1) is 0 Å². The van der Waals surface area contributed by atoms with Crippen LogP contribution in [-0.2, 0) is 18.4 Å². The molecule has 3 nitrogen and oxygen atoms in total. The molecule has 5 heteroatoms. The third-order valence-corrected chi connectivity index (χ3v) is 4.30. The predicted octanol–water partition coefficient (Wildman–Crippen LogP) is 4.66. The van der Waals surface area contributed by atoms with E-state index in [2.05, 4.69) is 55.1 Å². The first-order chi connectivity index (χ1) is 9.38. The zero-order valence-electron chi connectivity index (χ0n) is 12.3. The van der Waals surface area contributed by atoms with Gasteiger partial charge in [-0.2, -0.15) is 0 Å². The molecule has 0 bridgehead atoms. The molecule has 0 atom stereocenters. The average Bonchev–Trinajstić information content (AvgIpc) is 2.82. The smallest absolute Gasteiger partial charge is 0.137 e. The van der Waals surface area contributed by atoms with E-state index in [9.17, 15) is 0 Å². The number of aromatic nitrogens is 2. The number of thiophene rings is 1. The average molecular weight is 310 g/mol. The first-order valence-corrected chi connectivity index (χ1v) is 7.94. The predicted molar refractivity (Wildman–Crippen MR) is 86.8 cm³/mol. The second-order valence-corrected chi connectivity index (χ2v) is 7.36. The van der Waals surface area contributed by atoms with Crippen LogP contribution in [0.4, 0.5) is 5.82 Å². The lowest BCUT2D eigenvalue weighted by atomic mass is 9.96. The molecule has 0 amide bonds. The molecule has 108 valence electrons. The first kappa shape index (κ1) is 15.3. The lowest BCUT2D eigenvalue weighted by Crippen LogP contribution is -2.17. The van der Waals surface area contributed by atoms with Crippen molar-refractivity contribution >= 4 is 28.8 Å². The third kappa shape index (κ3) is 3.93. The van der Waals surface area contributed by atoms with Gasteiger partial charge in [0.25, 0.3) is 0 Å². The summed E-state index contributed by atoms with van der Waals surface area (Å²) in [5, 5.41) is 3.81. The highest BCUT2D eigenvalue weighted by Gasteiger charge is 2.18. The summed E-state index contributed by atoms with van der Waals surface area (Å²) in [6, 6.07) is 6.10. The Hall–Kier alpha value is -1.13. The largest absolute Gasteiger partial charge is 0.365 e. The van der Waals surface area contributed by atoms with Gasteiger partial charge in [-0.15, -0.1) is 11.3 Å². The fraction of sp³-hybridized carbons (Fsp3) is 0.467. The SMILES string of the molecule is CCc1ccc(CNc2cc(Cl)nc(C(C)(C)C)n2)s1. The first-order valence-electron chi connectivity index (χ1n) is 6.75. The maximum atomic E-state index is 6.08. The minimum atomic E-state index is -0.111. The van der Waals surface area contributed by atoms with Gasteiger partial charge in [-0.05, 0) is 18.6 Å². The van der Waals surface area contributed by atoms with Crippen molar-refractivity contribution < 1.29 is 0 Å². The minimum Gasteiger partial charge on any atom is -0.365 e. The van der Waals surface area contributed by atoms with Crippen LogP contribution in [0.2, 0.25) is 5.15 Å². The number of nitrogens with zero attached hydrogens (tertiary/aromatic N) is 2. The number of aryl methyl sites for hydroxylation is 1. The lowest BCUT2D eigenvalue weighted by molar-refractivity contribution is 0.546. The molecule has 2 aromatic rings. The zero-order chi connectivity index (χ0) is 14.8. The fourth-order valence-corrected chi connectivity index (χ4v) is 2.81. The van der Waals surface area contributed by atoms with Gasteiger partial charge in [-0.3, -0.25) is 0 Å². The molecule has 0 fully saturated rings. The van der Waals surface area contributed by atoms with Crippen molar-refractivity contribution in [1.82, 2.24) is 9.97 Å². The quantitative estimate of drug-likeness (QED) is 0.834. The molecule has 0 unspecified atom stereocenters. The summed E-state index contributed by atoms with van der Waals surface area (Å²) in [4.78, 5) is 11.5. The Bertz CT molecular complexity index is 587. The van der Waals surface area contributed by atoms with Crippen molar-refractivity contribution in [3.63, 3.8) is 0 Å². The van der Waals surface area contributed by atoms with Gasteiger partial charge in [0, 0.05) is 21.2 Å². The van der Waals surface area contributed by atoms with E-state index in [1.807, 2.05) is 11.3 Å². The second-order valence-electron chi connectivity index (χ2n) is 5.72. The van der Waals surface area contributed by atoms with Crippen LogP contribution >= 0.6 is 22.9 Å². The minimum absolute atomic E-state index is 0.111. The van der Waals surface area contributed by atoms with E-state index in [0.717, 1.165) is 24.6 Å². The van der Waals surface area contributed by atoms with Crippen molar-refractivity contribution in [3.05, 3.63) is 38.9 Å². The van der Waals surface area contributed by atoms with E-state index < -0.39 is 0 Å². The Balaban J connectivity index is 2.11. The standard InChI is InChI=1S/C15H20ClN3S/c1-5-10-6-7-11(20-10)9-17-13-8-12(16)18-14(19-13)15(2,3)4/h6-8H,5,9H2,1-4H3,(H,17,18,19).